The molecule has 5 rings (SSSR count). The van der Waals surface area contributed by atoms with E-state index in [1.807, 2.05) is 0 Å². The maximum atomic E-state index is 13.3. The summed E-state index contributed by atoms with van der Waals surface area (Å²) in [5.41, 5.74) is -0.882. The van der Waals surface area contributed by atoms with Crippen molar-refractivity contribution in [3.05, 3.63) is 76.5 Å². The van der Waals surface area contributed by atoms with E-state index in [1.165, 1.54) is 69.7 Å². The van der Waals surface area contributed by atoms with Gasteiger partial charge in [0, 0.05) is 12.2 Å². The van der Waals surface area contributed by atoms with Crippen LogP contribution in [0.15, 0.2) is 64.7 Å². The van der Waals surface area contributed by atoms with Gasteiger partial charge in [-0.25, -0.2) is 14.1 Å². The minimum atomic E-state index is -4.61. The zero-order valence-electron chi connectivity index (χ0n) is 17.2. The van der Waals surface area contributed by atoms with Crippen LogP contribution >= 0.6 is 11.8 Å². The summed E-state index contributed by atoms with van der Waals surface area (Å²) < 4.78 is 55.7. The molecule has 4 aromatic rings. The molecule has 12 heteroatoms. The van der Waals surface area contributed by atoms with E-state index < -0.39 is 35.1 Å². The molecule has 2 aromatic carbocycles. The number of aromatic nitrogens is 4. The van der Waals surface area contributed by atoms with E-state index in [1.54, 1.807) is 0 Å². The maximum Gasteiger partial charge on any atom is 0.418 e. The molecular weight excluding hydrogens is 474 g/mol. The van der Waals surface area contributed by atoms with Gasteiger partial charge in [-0.05, 0) is 36.4 Å². The van der Waals surface area contributed by atoms with E-state index in [0.717, 1.165) is 6.07 Å². The Bertz CT molecular complexity index is 1460. The van der Waals surface area contributed by atoms with Gasteiger partial charge in [0.15, 0.2) is 10.8 Å². The van der Waals surface area contributed by atoms with Crippen molar-refractivity contribution in [2.75, 3.05) is 11.1 Å². The Morgan fingerprint density at radius 3 is 2.62 bits per heavy atom. The molecule has 1 atom stereocenters. The monoisotopic (exact) mass is 489 g/mol. The number of rotatable bonds is 4. The fraction of sp³-hybridized carbons (Fsp3) is 0.182. The van der Waals surface area contributed by atoms with Crippen molar-refractivity contribution in [3.8, 4) is 5.69 Å². The summed E-state index contributed by atoms with van der Waals surface area (Å²) in [7, 11) is 0. The molecule has 1 unspecified atom stereocenters. The van der Waals surface area contributed by atoms with Gasteiger partial charge in [-0.15, -0.1) is 0 Å². The van der Waals surface area contributed by atoms with Crippen LogP contribution in [0.2, 0.25) is 0 Å². The van der Waals surface area contributed by atoms with Crippen LogP contribution in [-0.4, -0.2) is 31.0 Å². The molecule has 0 saturated heterocycles. The van der Waals surface area contributed by atoms with Gasteiger partial charge in [-0.2, -0.15) is 18.3 Å². The lowest BCUT2D eigenvalue weighted by atomic mass is 10.1. The van der Waals surface area contributed by atoms with Crippen molar-refractivity contribution in [2.24, 2.45) is 0 Å². The minimum absolute atomic E-state index is 0.203. The highest BCUT2D eigenvalue weighted by atomic mass is 32.2. The zero-order valence-corrected chi connectivity index (χ0v) is 18.0. The van der Waals surface area contributed by atoms with Crippen LogP contribution in [0.1, 0.15) is 18.0 Å². The maximum absolute atomic E-state index is 13.3. The van der Waals surface area contributed by atoms with E-state index in [-0.39, 0.29) is 17.5 Å². The van der Waals surface area contributed by atoms with E-state index in [4.69, 9.17) is 0 Å². The van der Waals surface area contributed by atoms with E-state index in [9.17, 15) is 27.2 Å². The van der Waals surface area contributed by atoms with Crippen molar-refractivity contribution in [1.29, 1.82) is 0 Å². The number of hydrogen-bond acceptors (Lipinski definition) is 5. The third kappa shape index (κ3) is 3.94. The highest BCUT2D eigenvalue weighted by Crippen LogP contribution is 2.36. The second-order valence-corrected chi connectivity index (χ2v) is 8.59. The molecule has 174 valence electrons. The highest BCUT2D eigenvalue weighted by Gasteiger charge is 2.34. The summed E-state index contributed by atoms with van der Waals surface area (Å²) >= 11 is 1.26. The van der Waals surface area contributed by atoms with Crippen molar-refractivity contribution in [3.63, 3.8) is 0 Å². The quantitative estimate of drug-likeness (QED) is 0.339. The number of nitrogens with zero attached hydrogens (tertiary/aromatic N) is 4. The number of nitrogens with one attached hydrogen (secondary N) is 1. The Morgan fingerprint density at radius 2 is 1.88 bits per heavy atom. The van der Waals surface area contributed by atoms with Crippen molar-refractivity contribution in [1.82, 2.24) is 19.3 Å². The van der Waals surface area contributed by atoms with Crippen molar-refractivity contribution >= 4 is 34.4 Å². The number of amides is 1. The number of para-hydroxylation sites is 1. The summed E-state index contributed by atoms with van der Waals surface area (Å²) in [5.74, 6) is -0.708. The Kier molecular flexibility index (Phi) is 5.39. The molecule has 0 bridgehead atoms. The number of carbonyl (C=O) groups excluding carboxylic acids is 1. The predicted molar refractivity (Wildman–Crippen MR) is 118 cm³/mol. The summed E-state index contributed by atoms with van der Waals surface area (Å²) in [6.07, 6.45) is -3.47. The van der Waals surface area contributed by atoms with Crippen LogP contribution in [0.3, 0.4) is 0 Å². The third-order valence-corrected chi connectivity index (χ3v) is 6.47. The van der Waals surface area contributed by atoms with Crippen LogP contribution in [0, 0.1) is 5.82 Å². The Hall–Kier alpha value is -3.67. The molecule has 0 spiro atoms. The lowest BCUT2D eigenvalue weighted by molar-refractivity contribution is -0.137. The van der Waals surface area contributed by atoms with Gasteiger partial charge < -0.3 is 5.32 Å². The zero-order chi connectivity index (χ0) is 24.0. The standard InChI is InChI=1S/C22H15F4N5O2S/c23-12-5-7-13(8-6-12)31-19-15(10-27-31)20(33)30-14(11-34-21(30)29-19)9-18(32)28-17-4-2-1-3-16(17)22(24,25)26/h1-8,10,14H,9,11H2,(H,28,32). The number of benzene rings is 2. The predicted octanol–water partition coefficient (Wildman–Crippen LogP) is 4.42. The van der Waals surface area contributed by atoms with Gasteiger partial charge in [-0.3, -0.25) is 14.2 Å². The number of fused-ring (bicyclic) bond motifs is 2. The molecule has 1 N–H and O–H groups in total. The first-order valence-electron chi connectivity index (χ1n) is 10.1. The summed E-state index contributed by atoms with van der Waals surface area (Å²) in [6, 6.07) is 9.67. The topological polar surface area (TPSA) is 81.8 Å². The van der Waals surface area contributed by atoms with Gasteiger partial charge >= 0.3 is 6.18 Å². The largest absolute Gasteiger partial charge is 0.418 e. The average molecular weight is 489 g/mol. The molecule has 3 heterocycles. The fourth-order valence-corrected chi connectivity index (χ4v) is 4.94. The van der Waals surface area contributed by atoms with Gasteiger partial charge in [-0.1, -0.05) is 23.9 Å². The van der Waals surface area contributed by atoms with Gasteiger partial charge in [0.05, 0.1) is 29.2 Å². The summed E-state index contributed by atoms with van der Waals surface area (Å²) in [5, 5.41) is 7.09. The number of hydrogen-bond donors (Lipinski definition) is 1. The second-order valence-electron chi connectivity index (χ2n) is 7.60. The minimum Gasteiger partial charge on any atom is -0.325 e. The number of carbonyl (C=O) groups is 1. The Labute approximate surface area is 193 Å². The lowest BCUT2D eigenvalue weighted by Crippen LogP contribution is -2.28. The number of thioether (sulfide) groups is 1. The Morgan fingerprint density at radius 1 is 1.15 bits per heavy atom. The molecule has 0 fully saturated rings. The third-order valence-electron chi connectivity index (χ3n) is 5.37. The molecule has 0 aliphatic carbocycles. The van der Waals surface area contributed by atoms with Crippen LogP contribution < -0.4 is 10.9 Å². The van der Waals surface area contributed by atoms with Crippen LogP contribution in [0.25, 0.3) is 16.7 Å². The molecule has 2 aromatic heterocycles. The average Bonchev–Trinajstić information content (AvgIpc) is 3.39. The number of anilines is 1. The molecule has 1 aliphatic rings. The van der Waals surface area contributed by atoms with Crippen LogP contribution in [-0.2, 0) is 11.0 Å². The van der Waals surface area contributed by atoms with Gasteiger partial charge in [0.2, 0.25) is 5.91 Å². The molecule has 7 nitrogen and oxygen atoms in total. The SMILES string of the molecule is O=C(CC1CSc2nc3c(cnn3-c3ccc(F)cc3)c(=O)n21)Nc1ccccc1C(F)(F)F. The smallest absolute Gasteiger partial charge is 0.325 e. The normalized spacial score (nSPS) is 15.5. The van der Waals surface area contributed by atoms with E-state index >= 15 is 0 Å². The first-order chi connectivity index (χ1) is 16.2. The first kappa shape index (κ1) is 22.1. The molecular formula is C22H15F4N5O2S. The molecule has 1 amide bonds. The summed E-state index contributed by atoms with van der Waals surface area (Å²) in [6.45, 7) is 0. The van der Waals surface area contributed by atoms with Gasteiger partial charge in [0.25, 0.3) is 5.56 Å². The highest BCUT2D eigenvalue weighted by molar-refractivity contribution is 7.99. The second kappa shape index (κ2) is 8.28. The van der Waals surface area contributed by atoms with Crippen molar-refractivity contribution < 1.29 is 22.4 Å². The van der Waals surface area contributed by atoms with E-state index in [0.29, 0.717) is 22.2 Å². The van der Waals surface area contributed by atoms with E-state index in [2.05, 4.69) is 15.4 Å². The molecule has 0 saturated carbocycles. The van der Waals surface area contributed by atoms with Gasteiger partial charge in [0.1, 0.15) is 11.2 Å². The summed E-state index contributed by atoms with van der Waals surface area (Å²) in [4.78, 5) is 30.3. The molecule has 1 aliphatic heterocycles. The number of halogens is 4. The van der Waals surface area contributed by atoms with Crippen LogP contribution in [0.5, 0.6) is 0 Å². The first-order valence-corrected chi connectivity index (χ1v) is 11.1. The molecule has 34 heavy (non-hydrogen) atoms. The fourth-order valence-electron chi connectivity index (χ4n) is 3.81. The molecule has 0 radical (unpaired) electrons. The Balaban J connectivity index is 1.43. The van der Waals surface area contributed by atoms with Crippen LogP contribution in [0.4, 0.5) is 23.2 Å². The lowest BCUT2D eigenvalue weighted by Gasteiger charge is -2.16. The number of alkyl halides is 3. The van der Waals surface area contributed by atoms with Crippen molar-refractivity contribution in [2.45, 2.75) is 23.8 Å².